The molecule has 3 aromatic rings. The molecule has 6 nitrogen and oxygen atoms in total. The molecule has 158 valence electrons. The minimum Gasteiger partial charge on any atom is -0.493 e. The number of aryl methyl sites for hydroxylation is 1. The summed E-state index contributed by atoms with van der Waals surface area (Å²) in [5.41, 5.74) is 1.79. The van der Waals surface area contributed by atoms with Crippen LogP contribution in [0.5, 0.6) is 11.5 Å². The quantitative estimate of drug-likeness (QED) is 0.393. The van der Waals surface area contributed by atoms with Crippen LogP contribution in [-0.4, -0.2) is 40.2 Å². The molecule has 0 radical (unpaired) electrons. The molecule has 7 heteroatoms. The van der Waals surface area contributed by atoms with Gasteiger partial charge in [-0.25, -0.2) is 4.98 Å². The number of aliphatic hydroxyl groups is 1. The van der Waals surface area contributed by atoms with E-state index in [4.69, 9.17) is 9.47 Å². The zero-order valence-corrected chi connectivity index (χ0v) is 18.0. The van der Waals surface area contributed by atoms with Crippen molar-refractivity contribution in [3.8, 4) is 17.2 Å². The largest absolute Gasteiger partial charge is 0.493 e. The fourth-order valence-electron chi connectivity index (χ4n) is 2.92. The molecule has 0 aliphatic carbocycles. The lowest BCUT2D eigenvalue weighted by Crippen LogP contribution is -2.20. The zero-order valence-electron chi connectivity index (χ0n) is 17.2. The Balaban J connectivity index is 1.70. The smallest absolute Gasteiger partial charge is 0.287 e. The molecular weight excluding hydrogens is 400 g/mol. The maximum atomic E-state index is 12.9. The molecule has 1 N–H and O–H groups in total. The van der Waals surface area contributed by atoms with E-state index in [-0.39, 0.29) is 12.2 Å². The Kier molecular flexibility index (Phi) is 7.93. The lowest BCUT2D eigenvalue weighted by molar-refractivity contribution is 0.120. The molecule has 3 rings (SSSR count). The van der Waals surface area contributed by atoms with Crippen LogP contribution in [0, 0.1) is 0 Å². The molecule has 0 aliphatic heterocycles. The highest BCUT2D eigenvalue weighted by Gasteiger charge is 2.11. The Morgan fingerprint density at radius 2 is 1.97 bits per heavy atom. The van der Waals surface area contributed by atoms with Gasteiger partial charge in [0.2, 0.25) is 0 Å². The first-order chi connectivity index (χ1) is 14.6. The summed E-state index contributed by atoms with van der Waals surface area (Å²) < 4.78 is 12.5. The maximum Gasteiger partial charge on any atom is 0.287 e. The maximum absolute atomic E-state index is 12.9. The molecule has 0 saturated carbocycles. The Bertz CT molecular complexity index is 1010. The predicted molar refractivity (Wildman–Crippen MR) is 119 cm³/mol. The highest BCUT2D eigenvalue weighted by atomic mass is 32.2. The first-order valence-corrected chi connectivity index (χ1v) is 10.8. The van der Waals surface area contributed by atoms with Gasteiger partial charge in [-0.2, -0.15) is 0 Å². The standard InChI is InChI=1S/C23H26N2O4S/c1-17(26)16-29-20-11-10-19(15-21(20)28-2)25-13-12-24-22(23(25)27)30-14-6-9-18-7-4-3-5-8-18/h3-5,7-8,10-13,15,17,26H,6,9,14,16H2,1-2H3/t17-/m1/s1. The fourth-order valence-corrected chi connectivity index (χ4v) is 3.76. The number of rotatable bonds is 10. The number of hydrogen-bond donors (Lipinski definition) is 1. The van der Waals surface area contributed by atoms with E-state index < -0.39 is 6.10 Å². The Morgan fingerprint density at radius 1 is 1.17 bits per heavy atom. The number of methoxy groups -OCH3 is 1. The van der Waals surface area contributed by atoms with Crippen LogP contribution in [0.4, 0.5) is 0 Å². The van der Waals surface area contributed by atoms with E-state index in [1.807, 2.05) is 18.2 Å². The van der Waals surface area contributed by atoms with E-state index in [2.05, 4.69) is 17.1 Å². The third kappa shape index (κ3) is 5.87. The molecule has 30 heavy (non-hydrogen) atoms. The van der Waals surface area contributed by atoms with Gasteiger partial charge in [0.05, 0.1) is 18.9 Å². The van der Waals surface area contributed by atoms with Gasteiger partial charge < -0.3 is 14.6 Å². The molecule has 2 aromatic carbocycles. The SMILES string of the molecule is COc1cc(-n2ccnc(SCCCc3ccccc3)c2=O)ccc1OC[C@@H](C)O. The summed E-state index contributed by atoms with van der Waals surface area (Å²) in [5, 5.41) is 9.88. The van der Waals surface area contributed by atoms with Crippen LogP contribution in [0.25, 0.3) is 5.69 Å². The number of aromatic nitrogens is 2. The van der Waals surface area contributed by atoms with Gasteiger partial charge in [-0.3, -0.25) is 9.36 Å². The van der Waals surface area contributed by atoms with Crippen LogP contribution in [0.1, 0.15) is 18.9 Å². The molecule has 1 atom stereocenters. The number of benzene rings is 2. The minimum atomic E-state index is -0.585. The van der Waals surface area contributed by atoms with Crippen LogP contribution >= 0.6 is 11.8 Å². The van der Waals surface area contributed by atoms with Gasteiger partial charge in [0.15, 0.2) is 16.5 Å². The Hall–Kier alpha value is -2.77. The molecule has 0 aliphatic rings. The van der Waals surface area contributed by atoms with Gasteiger partial charge in [-0.1, -0.05) is 30.3 Å². The molecule has 0 saturated heterocycles. The predicted octanol–water partition coefficient (Wildman–Crippen LogP) is 3.73. The lowest BCUT2D eigenvalue weighted by Gasteiger charge is -2.14. The zero-order chi connectivity index (χ0) is 21.3. The molecule has 0 unspecified atom stereocenters. The van der Waals surface area contributed by atoms with Crippen LogP contribution in [0.15, 0.2) is 70.7 Å². The summed E-state index contributed by atoms with van der Waals surface area (Å²) in [7, 11) is 1.54. The lowest BCUT2D eigenvalue weighted by atomic mass is 10.1. The second-order valence-corrected chi connectivity index (χ2v) is 7.92. The van der Waals surface area contributed by atoms with Crippen molar-refractivity contribution in [2.24, 2.45) is 0 Å². The average Bonchev–Trinajstić information content (AvgIpc) is 2.77. The third-order valence-corrected chi connectivity index (χ3v) is 5.45. The fraction of sp³-hybridized carbons (Fsp3) is 0.304. The van der Waals surface area contributed by atoms with Gasteiger partial charge in [-0.05, 0) is 37.5 Å². The second-order valence-electron chi connectivity index (χ2n) is 6.84. The first kappa shape index (κ1) is 21.9. The van der Waals surface area contributed by atoms with E-state index in [1.165, 1.54) is 24.4 Å². The highest BCUT2D eigenvalue weighted by molar-refractivity contribution is 7.99. The molecular formula is C23H26N2O4S. The molecule has 1 aromatic heterocycles. The van der Waals surface area contributed by atoms with Crippen molar-refractivity contribution in [1.82, 2.24) is 9.55 Å². The van der Waals surface area contributed by atoms with E-state index in [9.17, 15) is 9.90 Å². The van der Waals surface area contributed by atoms with Crippen LogP contribution in [-0.2, 0) is 6.42 Å². The summed E-state index contributed by atoms with van der Waals surface area (Å²) in [6, 6.07) is 15.6. The molecule has 0 spiro atoms. The van der Waals surface area contributed by atoms with Crippen LogP contribution in [0.3, 0.4) is 0 Å². The van der Waals surface area contributed by atoms with Crippen molar-refractivity contribution in [1.29, 1.82) is 0 Å². The number of ether oxygens (including phenoxy) is 2. The van der Waals surface area contributed by atoms with E-state index in [1.54, 1.807) is 42.1 Å². The van der Waals surface area contributed by atoms with Gasteiger partial charge in [0, 0.05) is 24.2 Å². The van der Waals surface area contributed by atoms with E-state index in [0.29, 0.717) is 22.2 Å². The number of aliphatic hydroxyl groups excluding tert-OH is 1. The molecule has 0 fully saturated rings. The van der Waals surface area contributed by atoms with Crippen molar-refractivity contribution < 1.29 is 14.6 Å². The number of hydrogen-bond acceptors (Lipinski definition) is 6. The monoisotopic (exact) mass is 426 g/mol. The van der Waals surface area contributed by atoms with Crippen molar-refractivity contribution >= 4 is 11.8 Å². The average molecular weight is 427 g/mol. The third-order valence-electron chi connectivity index (χ3n) is 4.41. The van der Waals surface area contributed by atoms with E-state index >= 15 is 0 Å². The van der Waals surface area contributed by atoms with Crippen LogP contribution < -0.4 is 15.0 Å². The summed E-state index contributed by atoms with van der Waals surface area (Å²) in [6.45, 7) is 1.81. The Labute approximate surface area is 180 Å². The number of thioether (sulfide) groups is 1. The Morgan fingerprint density at radius 3 is 2.70 bits per heavy atom. The van der Waals surface area contributed by atoms with Crippen molar-refractivity contribution in [2.45, 2.75) is 30.9 Å². The highest BCUT2D eigenvalue weighted by Crippen LogP contribution is 2.29. The normalized spacial score (nSPS) is 11.8. The minimum absolute atomic E-state index is 0.161. The summed E-state index contributed by atoms with van der Waals surface area (Å²) in [5.74, 6) is 1.82. The van der Waals surface area contributed by atoms with E-state index in [0.717, 1.165) is 18.6 Å². The van der Waals surface area contributed by atoms with Crippen molar-refractivity contribution in [2.75, 3.05) is 19.5 Å². The van der Waals surface area contributed by atoms with Gasteiger partial charge in [0.1, 0.15) is 6.61 Å². The summed E-state index contributed by atoms with van der Waals surface area (Å²) in [6.07, 6.45) is 4.62. The van der Waals surface area contributed by atoms with Gasteiger partial charge in [0.25, 0.3) is 5.56 Å². The first-order valence-electron chi connectivity index (χ1n) is 9.82. The topological polar surface area (TPSA) is 73.6 Å². The van der Waals surface area contributed by atoms with Gasteiger partial charge >= 0.3 is 0 Å². The van der Waals surface area contributed by atoms with Gasteiger partial charge in [-0.15, -0.1) is 11.8 Å². The summed E-state index contributed by atoms with van der Waals surface area (Å²) in [4.78, 5) is 17.2. The van der Waals surface area contributed by atoms with Crippen molar-refractivity contribution in [3.63, 3.8) is 0 Å². The summed E-state index contributed by atoms with van der Waals surface area (Å²) >= 11 is 1.47. The molecule has 0 amide bonds. The second kappa shape index (κ2) is 10.8. The molecule has 1 heterocycles. The number of nitrogens with zero attached hydrogens (tertiary/aromatic N) is 2. The molecule has 0 bridgehead atoms. The van der Waals surface area contributed by atoms with Crippen LogP contribution in [0.2, 0.25) is 0 Å². The van der Waals surface area contributed by atoms with Crippen molar-refractivity contribution in [3.05, 3.63) is 76.8 Å².